The number of aromatic amines is 1. The fraction of sp³-hybridized carbons (Fsp3) is 0.118. The van der Waals surface area contributed by atoms with Gasteiger partial charge in [-0.25, -0.2) is 0 Å². The number of methoxy groups -OCH3 is 2. The molecule has 21 heavy (non-hydrogen) atoms. The first-order valence-corrected chi connectivity index (χ1v) is 6.57. The van der Waals surface area contributed by atoms with Gasteiger partial charge in [-0.3, -0.25) is 4.79 Å². The van der Waals surface area contributed by atoms with Crippen molar-refractivity contribution in [3.05, 3.63) is 58.9 Å². The predicted molar refractivity (Wildman–Crippen MR) is 83.1 cm³/mol. The van der Waals surface area contributed by atoms with E-state index in [2.05, 4.69) is 4.98 Å². The van der Waals surface area contributed by atoms with Crippen LogP contribution in [0.2, 0.25) is 0 Å². The SMILES string of the molecule is COc1cccc(-c2cc(=O)[nH]c3cc(OC)ccc23)c1. The summed E-state index contributed by atoms with van der Waals surface area (Å²) in [5.74, 6) is 1.47. The zero-order valence-corrected chi connectivity index (χ0v) is 11.8. The summed E-state index contributed by atoms with van der Waals surface area (Å²) in [7, 11) is 3.23. The van der Waals surface area contributed by atoms with Crippen LogP contribution < -0.4 is 15.0 Å². The highest BCUT2D eigenvalue weighted by molar-refractivity contribution is 5.95. The lowest BCUT2D eigenvalue weighted by molar-refractivity contribution is 0.415. The lowest BCUT2D eigenvalue weighted by Crippen LogP contribution is -2.05. The third-order valence-corrected chi connectivity index (χ3v) is 3.43. The second kappa shape index (κ2) is 5.32. The molecule has 0 saturated carbocycles. The maximum Gasteiger partial charge on any atom is 0.249 e. The number of benzene rings is 2. The molecule has 0 radical (unpaired) electrons. The molecule has 0 amide bonds. The van der Waals surface area contributed by atoms with Crippen LogP contribution in [0.25, 0.3) is 22.0 Å². The normalized spacial score (nSPS) is 10.6. The third kappa shape index (κ3) is 2.48. The van der Waals surface area contributed by atoms with Gasteiger partial charge in [-0.15, -0.1) is 0 Å². The van der Waals surface area contributed by atoms with E-state index < -0.39 is 0 Å². The zero-order chi connectivity index (χ0) is 14.8. The van der Waals surface area contributed by atoms with Gasteiger partial charge in [0.2, 0.25) is 5.56 Å². The van der Waals surface area contributed by atoms with Crippen LogP contribution in [-0.2, 0) is 0 Å². The van der Waals surface area contributed by atoms with Crippen LogP contribution in [-0.4, -0.2) is 19.2 Å². The van der Waals surface area contributed by atoms with Crippen molar-refractivity contribution in [1.29, 1.82) is 0 Å². The lowest BCUT2D eigenvalue weighted by Gasteiger charge is -2.09. The summed E-state index contributed by atoms with van der Waals surface area (Å²) < 4.78 is 10.5. The van der Waals surface area contributed by atoms with E-state index in [1.165, 1.54) is 0 Å². The predicted octanol–water partition coefficient (Wildman–Crippen LogP) is 3.21. The van der Waals surface area contributed by atoms with E-state index in [1.807, 2.05) is 42.5 Å². The number of fused-ring (bicyclic) bond motifs is 1. The molecule has 2 aromatic carbocycles. The number of H-pyrrole nitrogens is 1. The number of aromatic nitrogens is 1. The monoisotopic (exact) mass is 281 g/mol. The minimum atomic E-state index is -0.145. The van der Waals surface area contributed by atoms with Crippen LogP contribution >= 0.6 is 0 Å². The van der Waals surface area contributed by atoms with Crippen molar-refractivity contribution < 1.29 is 9.47 Å². The Kier molecular flexibility index (Phi) is 3.36. The van der Waals surface area contributed by atoms with Crippen LogP contribution in [0.15, 0.2) is 53.3 Å². The fourth-order valence-electron chi connectivity index (χ4n) is 2.40. The molecule has 0 unspecified atom stereocenters. The molecule has 0 aliphatic rings. The molecule has 4 nitrogen and oxygen atoms in total. The van der Waals surface area contributed by atoms with Crippen LogP contribution in [0.4, 0.5) is 0 Å². The molecular formula is C17H15NO3. The van der Waals surface area contributed by atoms with E-state index in [0.29, 0.717) is 5.75 Å². The number of nitrogens with one attached hydrogen (secondary N) is 1. The minimum absolute atomic E-state index is 0.145. The molecule has 0 bridgehead atoms. The molecule has 0 aliphatic carbocycles. The van der Waals surface area contributed by atoms with Gasteiger partial charge >= 0.3 is 0 Å². The first-order chi connectivity index (χ1) is 10.2. The van der Waals surface area contributed by atoms with Crippen molar-refractivity contribution in [2.45, 2.75) is 0 Å². The highest BCUT2D eigenvalue weighted by atomic mass is 16.5. The molecule has 0 saturated heterocycles. The summed E-state index contributed by atoms with van der Waals surface area (Å²) in [6.07, 6.45) is 0. The Hall–Kier alpha value is -2.75. The Morgan fingerprint density at radius 3 is 2.43 bits per heavy atom. The third-order valence-electron chi connectivity index (χ3n) is 3.43. The highest BCUT2D eigenvalue weighted by Gasteiger charge is 2.08. The molecule has 0 fully saturated rings. The van der Waals surface area contributed by atoms with Crippen molar-refractivity contribution in [3.63, 3.8) is 0 Å². The number of rotatable bonds is 3. The molecule has 0 aliphatic heterocycles. The quantitative estimate of drug-likeness (QED) is 0.802. The highest BCUT2D eigenvalue weighted by Crippen LogP contribution is 2.30. The van der Waals surface area contributed by atoms with Crippen molar-refractivity contribution in [3.8, 4) is 22.6 Å². The van der Waals surface area contributed by atoms with E-state index in [4.69, 9.17) is 9.47 Å². The molecule has 0 spiro atoms. The smallest absolute Gasteiger partial charge is 0.249 e. The molecular weight excluding hydrogens is 266 g/mol. The first-order valence-electron chi connectivity index (χ1n) is 6.57. The Balaban J connectivity index is 2.28. The minimum Gasteiger partial charge on any atom is -0.497 e. The fourth-order valence-corrected chi connectivity index (χ4v) is 2.40. The average Bonchev–Trinajstić information content (AvgIpc) is 2.53. The Morgan fingerprint density at radius 2 is 1.67 bits per heavy atom. The van der Waals surface area contributed by atoms with Crippen molar-refractivity contribution >= 4 is 10.9 Å². The van der Waals surface area contributed by atoms with E-state index in [9.17, 15) is 4.79 Å². The molecule has 1 N–H and O–H groups in total. The molecule has 3 aromatic rings. The van der Waals surface area contributed by atoms with Crippen LogP contribution in [0, 0.1) is 0 Å². The van der Waals surface area contributed by atoms with Crippen molar-refractivity contribution in [1.82, 2.24) is 4.98 Å². The van der Waals surface area contributed by atoms with Gasteiger partial charge in [0.25, 0.3) is 0 Å². The van der Waals surface area contributed by atoms with E-state index in [0.717, 1.165) is 27.8 Å². The molecule has 0 atom stereocenters. The average molecular weight is 281 g/mol. The Morgan fingerprint density at radius 1 is 0.905 bits per heavy atom. The summed E-state index contributed by atoms with van der Waals surface area (Å²) in [6.45, 7) is 0. The summed E-state index contributed by atoms with van der Waals surface area (Å²) in [6, 6.07) is 14.9. The zero-order valence-electron chi connectivity index (χ0n) is 11.8. The van der Waals surface area contributed by atoms with Crippen molar-refractivity contribution in [2.24, 2.45) is 0 Å². The van der Waals surface area contributed by atoms with Crippen LogP contribution in [0.3, 0.4) is 0 Å². The molecule has 106 valence electrons. The lowest BCUT2D eigenvalue weighted by atomic mass is 10.0. The van der Waals surface area contributed by atoms with E-state index in [1.54, 1.807) is 20.3 Å². The van der Waals surface area contributed by atoms with Crippen LogP contribution in [0.1, 0.15) is 0 Å². The largest absolute Gasteiger partial charge is 0.497 e. The van der Waals surface area contributed by atoms with Crippen molar-refractivity contribution in [2.75, 3.05) is 14.2 Å². The summed E-state index contributed by atoms with van der Waals surface area (Å²) in [5, 5.41) is 0.962. The standard InChI is InChI=1S/C17H15NO3/c1-20-12-5-3-4-11(8-12)15-10-17(19)18-16-9-13(21-2)6-7-14(15)16/h3-10H,1-2H3,(H,18,19). The first kappa shape index (κ1) is 13.2. The molecule has 4 heteroatoms. The maximum atomic E-state index is 11.9. The van der Waals surface area contributed by atoms with E-state index in [-0.39, 0.29) is 5.56 Å². The number of hydrogen-bond acceptors (Lipinski definition) is 3. The van der Waals surface area contributed by atoms with Gasteiger partial charge in [0, 0.05) is 17.5 Å². The second-order valence-electron chi connectivity index (χ2n) is 4.69. The van der Waals surface area contributed by atoms with Gasteiger partial charge in [0.05, 0.1) is 19.7 Å². The second-order valence-corrected chi connectivity index (χ2v) is 4.69. The summed E-state index contributed by atoms with van der Waals surface area (Å²) in [5.41, 5.74) is 2.42. The van der Waals surface area contributed by atoms with Gasteiger partial charge in [-0.2, -0.15) is 0 Å². The van der Waals surface area contributed by atoms with Crippen LogP contribution in [0.5, 0.6) is 11.5 Å². The summed E-state index contributed by atoms with van der Waals surface area (Å²) in [4.78, 5) is 14.7. The molecule has 1 heterocycles. The van der Waals surface area contributed by atoms with Gasteiger partial charge in [0.1, 0.15) is 11.5 Å². The van der Waals surface area contributed by atoms with Gasteiger partial charge < -0.3 is 14.5 Å². The van der Waals surface area contributed by atoms with Gasteiger partial charge in [-0.05, 0) is 35.4 Å². The Bertz CT molecular complexity index is 852. The number of pyridine rings is 1. The molecule has 1 aromatic heterocycles. The Labute approximate surface area is 122 Å². The van der Waals surface area contributed by atoms with Gasteiger partial charge in [0.15, 0.2) is 0 Å². The number of ether oxygens (including phenoxy) is 2. The van der Waals surface area contributed by atoms with Gasteiger partial charge in [-0.1, -0.05) is 12.1 Å². The number of hydrogen-bond donors (Lipinski definition) is 1. The van der Waals surface area contributed by atoms with E-state index >= 15 is 0 Å². The topological polar surface area (TPSA) is 51.3 Å². The molecule has 3 rings (SSSR count). The summed E-state index contributed by atoms with van der Waals surface area (Å²) >= 11 is 0. The maximum absolute atomic E-state index is 11.9.